The van der Waals surface area contributed by atoms with Gasteiger partial charge in [0.1, 0.15) is 5.00 Å². The molecule has 1 atom stereocenters. The van der Waals surface area contributed by atoms with Gasteiger partial charge in [0, 0.05) is 36.1 Å². The minimum Gasteiger partial charge on any atom is -0.450 e. The highest BCUT2D eigenvalue weighted by molar-refractivity contribution is 7.89. The average molecular weight is 577 g/mol. The molecule has 39 heavy (non-hydrogen) atoms. The minimum absolute atomic E-state index is 0.0657. The monoisotopic (exact) mass is 576 g/mol. The molecule has 0 spiro atoms. The fourth-order valence-electron chi connectivity index (χ4n) is 5.13. The number of thiophene rings is 1. The van der Waals surface area contributed by atoms with Gasteiger partial charge in [-0.05, 0) is 75.9 Å². The van der Waals surface area contributed by atoms with Crippen molar-refractivity contribution in [2.24, 2.45) is 0 Å². The van der Waals surface area contributed by atoms with E-state index in [1.165, 1.54) is 39.9 Å². The highest BCUT2D eigenvalue weighted by Crippen LogP contribution is 2.37. The standard InChI is InChI=1S/C27H36N4O6S2/c1-4-14-30-16-13-21-22(17-30)38-26(23(21)25(33)29-27(34)37-5-2)28-24(32)19-9-11-20(12-10-19)39(35,36)31-15-7-6-8-18(31)3/h9-12,18H,4-8,13-17H2,1-3H3,(H,28,32)(H,29,33,34). The van der Waals surface area contributed by atoms with Gasteiger partial charge in [0.2, 0.25) is 10.0 Å². The fraction of sp³-hybridized carbons (Fsp3) is 0.519. The van der Waals surface area contributed by atoms with Crippen LogP contribution in [0.5, 0.6) is 0 Å². The predicted molar refractivity (Wildman–Crippen MR) is 150 cm³/mol. The number of amides is 3. The topological polar surface area (TPSA) is 125 Å². The van der Waals surface area contributed by atoms with Crippen molar-refractivity contribution >= 4 is 44.3 Å². The van der Waals surface area contributed by atoms with Crippen LogP contribution in [0.25, 0.3) is 0 Å². The third kappa shape index (κ3) is 6.51. The summed E-state index contributed by atoms with van der Waals surface area (Å²) in [5.74, 6) is -1.10. The van der Waals surface area contributed by atoms with Gasteiger partial charge < -0.3 is 10.1 Å². The van der Waals surface area contributed by atoms with Gasteiger partial charge in [-0.1, -0.05) is 13.3 Å². The number of nitrogens with one attached hydrogen (secondary N) is 2. The molecule has 3 heterocycles. The lowest BCUT2D eigenvalue weighted by molar-refractivity contribution is 0.0924. The third-order valence-electron chi connectivity index (χ3n) is 7.09. The Kier molecular flexibility index (Phi) is 9.42. The van der Waals surface area contributed by atoms with E-state index in [1.54, 1.807) is 6.92 Å². The van der Waals surface area contributed by atoms with E-state index in [4.69, 9.17) is 4.74 Å². The number of fused-ring (bicyclic) bond motifs is 1. The van der Waals surface area contributed by atoms with Crippen LogP contribution in [-0.4, -0.2) is 67.8 Å². The van der Waals surface area contributed by atoms with Crippen molar-refractivity contribution in [3.8, 4) is 0 Å². The van der Waals surface area contributed by atoms with Gasteiger partial charge in [0.15, 0.2) is 0 Å². The molecular formula is C27H36N4O6S2. The Hall–Kier alpha value is -2.80. The largest absolute Gasteiger partial charge is 0.450 e. The number of rotatable bonds is 8. The summed E-state index contributed by atoms with van der Waals surface area (Å²) in [6.45, 7) is 8.64. The van der Waals surface area contributed by atoms with E-state index in [9.17, 15) is 22.8 Å². The molecule has 2 aliphatic heterocycles. The molecule has 0 radical (unpaired) electrons. The van der Waals surface area contributed by atoms with E-state index in [0.717, 1.165) is 49.2 Å². The summed E-state index contributed by atoms with van der Waals surface area (Å²) in [5.41, 5.74) is 1.35. The summed E-state index contributed by atoms with van der Waals surface area (Å²) in [4.78, 5) is 41.7. The summed E-state index contributed by atoms with van der Waals surface area (Å²) in [7, 11) is -3.66. The van der Waals surface area contributed by atoms with E-state index < -0.39 is 27.9 Å². The highest BCUT2D eigenvalue weighted by Gasteiger charge is 2.32. The van der Waals surface area contributed by atoms with Gasteiger partial charge in [-0.15, -0.1) is 11.3 Å². The van der Waals surface area contributed by atoms with Gasteiger partial charge in [0.25, 0.3) is 11.8 Å². The molecule has 1 aromatic heterocycles. The molecule has 12 heteroatoms. The second-order valence-electron chi connectivity index (χ2n) is 9.85. The molecule has 4 rings (SSSR count). The third-order valence-corrected chi connectivity index (χ3v) is 10.2. The normalized spacial score (nSPS) is 18.3. The Labute approximate surface area is 233 Å². The maximum absolute atomic E-state index is 13.2. The second kappa shape index (κ2) is 12.6. The van der Waals surface area contributed by atoms with Crippen LogP contribution in [-0.2, 0) is 27.7 Å². The van der Waals surface area contributed by atoms with Crippen LogP contribution in [0.2, 0.25) is 0 Å². The number of anilines is 1. The van der Waals surface area contributed by atoms with Gasteiger partial charge in [-0.2, -0.15) is 4.31 Å². The molecule has 0 bridgehead atoms. The van der Waals surface area contributed by atoms with Crippen LogP contribution < -0.4 is 10.6 Å². The summed E-state index contributed by atoms with van der Waals surface area (Å²) < 4.78 is 32.7. The summed E-state index contributed by atoms with van der Waals surface area (Å²) >= 11 is 1.32. The molecule has 2 aromatic rings. The van der Waals surface area contributed by atoms with E-state index in [0.29, 0.717) is 24.5 Å². The SMILES string of the molecule is CCCN1CCc2c(sc(NC(=O)c3ccc(S(=O)(=O)N4CCCCC4C)cc3)c2C(=O)NC(=O)OCC)C1. The Bertz CT molecular complexity index is 1320. The Balaban J connectivity index is 1.57. The second-order valence-corrected chi connectivity index (χ2v) is 12.8. The Morgan fingerprint density at radius 2 is 1.82 bits per heavy atom. The quantitative estimate of drug-likeness (QED) is 0.482. The van der Waals surface area contributed by atoms with E-state index in [-0.39, 0.29) is 28.7 Å². The van der Waals surface area contributed by atoms with E-state index in [2.05, 4.69) is 22.5 Å². The number of hydrogen-bond acceptors (Lipinski definition) is 8. The molecule has 1 unspecified atom stereocenters. The van der Waals surface area contributed by atoms with Crippen molar-refractivity contribution in [3.63, 3.8) is 0 Å². The zero-order valence-electron chi connectivity index (χ0n) is 22.6. The number of nitrogens with zero attached hydrogens (tertiary/aromatic N) is 2. The molecule has 212 valence electrons. The number of piperidine rings is 1. The molecular weight excluding hydrogens is 540 g/mol. The number of carbonyl (C=O) groups excluding carboxylic acids is 3. The lowest BCUT2D eigenvalue weighted by atomic mass is 10.0. The van der Waals surface area contributed by atoms with Crippen molar-refractivity contribution in [1.82, 2.24) is 14.5 Å². The maximum Gasteiger partial charge on any atom is 0.414 e. The van der Waals surface area contributed by atoms with Crippen LogP contribution in [0.3, 0.4) is 0 Å². The summed E-state index contributed by atoms with van der Waals surface area (Å²) in [6, 6.07) is 5.78. The van der Waals surface area contributed by atoms with Crippen molar-refractivity contribution < 1.29 is 27.5 Å². The van der Waals surface area contributed by atoms with Crippen LogP contribution in [0, 0.1) is 0 Å². The van der Waals surface area contributed by atoms with Gasteiger partial charge in [0.05, 0.1) is 17.1 Å². The molecule has 0 aliphatic carbocycles. The van der Waals surface area contributed by atoms with E-state index in [1.807, 2.05) is 6.92 Å². The summed E-state index contributed by atoms with van der Waals surface area (Å²) in [5, 5.41) is 5.44. The first-order valence-electron chi connectivity index (χ1n) is 13.4. The number of ether oxygens (including phenoxy) is 1. The number of carbonyl (C=O) groups is 3. The highest BCUT2D eigenvalue weighted by atomic mass is 32.2. The molecule has 10 nitrogen and oxygen atoms in total. The predicted octanol–water partition coefficient (Wildman–Crippen LogP) is 4.22. The number of imide groups is 1. The molecule has 2 aliphatic rings. The molecule has 1 aromatic carbocycles. The first-order chi connectivity index (χ1) is 18.6. The van der Waals surface area contributed by atoms with Crippen LogP contribution >= 0.6 is 11.3 Å². The zero-order valence-corrected chi connectivity index (χ0v) is 24.3. The van der Waals surface area contributed by atoms with Crippen LogP contribution in [0.4, 0.5) is 9.80 Å². The smallest absolute Gasteiger partial charge is 0.414 e. The van der Waals surface area contributed by atoms with Gasteiger partial charge >= 0.3 is 6.09 Å². The van der Waals surface area contributed by atoms with Crippen molar-refractivity contribution in [1.29, 1.82) is 0 Å². The lowest BCUT2D eigenvalue weighted by Gasteiger charge is -2.32. The Morgan fingerprint density at radius 3 is 2.49 bits per heavy atom. The summed E-state index contributed by atoms with van der Waals surface area (Å²) in [6.07, 6.45) is 3.44. The Morgan fingerprint density at radius 1 is 1.08 bits per heavy atom. The first-order valence-corrected chi connectivity index (χ1v) is 15.7. The fourth-order valence-corrected chi connectivity index (χ4v) is 8.11. The van der Waals surface area contributed by atoms with Crippen LogP contribution in [0.15, 0.2) is 29.2 Å². The molecule has 1 fully saturated rings. The van der Waals surface area contributed by atoms with Gasteiger partial charge in [-0.25, -0.2) is 13.2 Å². The van der Waals surface area contributed by atoms with Crippen LogP contribution in [0.1, 0.15) is 77.6 Å². The van der Waals surface area contributed by atoms with Crippen molar-refractivity contribution in [3.05, 3.63) is 45.8 Å². The number of alkyl carbamates (subject to hydrolysis) is 1. The van der Waals surface area contributed by atoms with E-state index >= 15 is 0 Å². The number of hydrogen-bond donors (Lipinski definition) is 2. The maximum atomic E-state index is 13.2. The molecule has 2 N–H and O–H groups in total. The molecule has 1 saturated heterocycles. The number of sulfonamides is 1. The molecule has 3 amide bonds. The van der Waals surface area contributed by atoms with Crippen molar-refractivity contribution in [2.75, 3.05) is 31.6 Å². The van der Waals surface area contributed by atoms with Gasteiger partial charge in [-0.3, -0.25) is 19.8 Å². The number of benzene rings is 1. The van der Waals surface area contributed by atoms with Crippen molar-refractivity contribution in [2.45, 2.75) is 70.4 Å². The zero-order chi connectivity index (χ0) is 28.2. The minimum atomic E-state index is -3.66. The lowest BCUT2D eigenvalue weighted by Crippen LogP contribution is -2.41. The average Bonchev–Trinajstić information content (AvgIpc) is 3.26. The molecule has 0 saturated carbocycles. The first kappa shape index (κ1) is 29.2.